The van der Waals surface area contributed by atoms with E-state index in [1.54, 1.807) is 34.9 Å². The van der Waals surface area contributed by atoms with Crippen molar-refractivity contribution in [2.45, 2.75) is 17.8 Å². The first-order valence-electron chi connectivity index (χ1n) is 8.68. The molecule has 0 saturated carbocycles. The highest BCUT2D eigenvalue weighted by Crippen LogP contribution is 2.27. The average Bonchev–Trinajstić information content (AvgIpc) is 2.70. The van der Waals surface area contributed by atoms with Crippen LogP contribution in [0.25, 0.3) is 16.6 Å². The largest absolute Gasteiger partial charge is 0.268 e. The molecule has 6 heteroatoms. The Morgan fingerprint density at radius 3 is 2.61 bits per heavy atom. The van der Waals surface area contributed by atoms with E-state index in [2.05, 4.69) is 0 Å². The lowest BCUT2D eigenvalue weighted by atomic mass is 10.2. The lowest BCUT2D eigenvalue weighted by Gasteiger charge is -2.15. The average molecular weight is 411 g/mol. The monoisotopic (exact) mass is 410 g/mol. The molecule has 1 heterocycles. The Morgan fingerprint density at radius 1 is 1.07 bits per heavy atom. The number of para-hydroxylation sites is 1. The minimum atomic E-state index is -0.274. The van der Waals surface area contributed by atoms with Crippen molar-refractivity contribution in [3.8, 4) is 5.69 Å². The zero-order valence-electron chi connectivity index (χ0n) is 15.0. The Kier molecular flexibility index (Phi) is 5.20. The smallest absolute Gasteiger partial charge is 0.266 e. The van der Waals surface area contributed by atoms with E-state index in [0.29, 0.717) is 32.5 Å². The predicted octanol–water partition coefficient (Wildman–Crippen LogP) is 5.78. The second kappa shape index (κ2) is 7.78. The van der Waals surface area contributed by atoms with Crippen molar-refractivity contribution in [2.75, 3.05) is 0 Å². The van der Waals surface area contributed by atoms with Gasteiger partial charge in [0.15, 0.2) is 5.16 Å². The SMILES string of the molecule is Cc1ccc(Cl)cc1-n1c(SCc2ccc(F)cc2)nc2ccccc2c1=O. The molecule has 3 aromatic carbocycles. The number of rotatable bonds is 4. The number of aromatic nitrogens is 2. The van der Waals surface area contributed by atoms with Crippen LogP contribution in [0.4, 0.5) is 4.39 Å². The van der Waals surface area contributed by atoms with Crippen LogP contribution in [0.1, 0.15) is 11.1 Å². The first-order chi connectivity index (χ1) is 13.5. The molecule has 0 radical (unpaired) electrons. The van der Waals surface area contributed by atoms with Crippen LogP contribution in [0.2, 0.25) is 5.02 Å². The summed E-state index contributed by atoms with van der Waals surface area (Å²) < 4.78 is 14.8. The van der Waals surface area contributed by atoms with E-state index in [9.17, 15) is 9.18 Å². The van der Waals surface area contributed by atoms with E-state index >= 15 is 0 Å². The van der Waals surface area contributed by atoms with Crippen molar-refractivity contribution in [1.82, 2.24) is 9.55 Å². The zero-order valence-corrected chi connectivity index (χ0v) is 16.6. The first-order valence-corrected chi connectivity index (χ1v) is 10.0. The summed E-state index contributed by atoms with van der Waals surface area (Å²) in [6.07, 6.45) is 0. The third-order valence-corrected chi connectivity index (χ3v) is 5.68. The van der Waals surface area contributed by atoms with E-state index < -0.39 is 0 Å². The van der Waals surface area contributed by atoms with Gasteiger partial charge < -0.3 is 0 Å². The molecule has 0 fully saturated rings. The summed E-state index contributed by atoms with van der Waals surface area (Å²) in [7, 11) is 0. The molecule has 0 aliphatic rings. The van der Waals surface area contributed by atoms with Crippen LogP contribution >= 0.6 is 23.4 Å². The van der Waals surface area contributed by atoms with Crippen molar-refractivity contribution < 1.29 is 4.39 Å². The lowest BCUT2D eigenvalue weighted by Crippen LogP contribution is -2.22. The maximum atomic E-state index is 13.3. The number of nitrogens with zero attached hydrogens (tertiary/aromatic N) is 2. The Balaban J connectivity index is 1.87. The number of hydrogen-bond acceptors (Lipinski definition) is 3. The van der Waals surface area contributed by atoms with Crippen LogP contribution in [0.15, 0.2) is 76.7 Å². The minimum absolute atomic E-state index is 0.141. The fourth-order valence-corrected chi connectivity index (χ4v) is 4.10. The molecule has 0 saturated heterocycles. The van der Waals surface area contributed by atoms with Gasteiger partial charge in [0.1, 0.15) is 5.82 Å². The molecule has 0 unspecified atom stereocenters. The number of hydrogen-bond donors (Lipinski definition) is 0. The van der Waals surface area contributed by atoms with Crippen LogP contribution in [0.5, 0.6) is 0 Å². The maximum absolute atomic E-state index is 13.3. The molecule has 1 aromatic heterocycles. The van der Waals surface area contributed by atoms with Gasteiger partial charge >= 0.3 is 0 Å². The molecule has 0 amide bonds. The van der Waals surface area contributed by atoms with Crippen LogP contribution in [-0.4, -0.2) is 9.55 Å². The first kappa shape index (κ1) is 18.7. The fourth-order valence-electron chi connectivity index (χ4n) is 2.97. The van der Waals surface area contributed by atoms with Gasteiger partial charge in [-0.2, -0.15) is 0 Å². The van der Waals surface area contributed by atoms with Gasteiger partial charge in [-0.15, -0.1) is 0 Å². The van der Waals surface area contributed by atoms with E-state index in [1.807, 2.05) is 31.2 Å². The van der Waals surface area contributed by atoms with Gasteiger partial charge in [0.05, 0.1) is 16.6 Å². The number of benzene rings is 3. The van der Waals surface area contributed by atoms with Gasteiger partial charge in [-0.05, 0) is 54.4 Å². The van der Waals surface area contributed by atoms with Crippen molar-refractivity contribution in [2.24, 2.45) is 0 Å². The molecule has 0 N–H and O–H groups in total. The topological polar surface area (TPSA) is 34.9 Å². The van der Waals surface area contributed by atoms with Gasteiger partial charge in [-0.1, -0.05) is 53.7 Å². The zero-order chi connectivity index (χ0) is 19.7. The minimum Gasteiger partial charge on any atom is -0.268 e. The van der Waals surface area contributed by atoms with E-state index in [1.165, 1.54) is 23.9 Å². The second-order valence-electron chi connectivity index (χ2n) is 6.40. The summed E-state index contributed by atoms with van der Waals surface area (Å²) in [5, 5.41) is 1.67. The predicted molar refractivity (Wildman–Crippen MR) is 113 cm³/mol. The quantitative estimate of drug-likeness (QED) is 0.316. The Hall–Kier alpha value is -2.63. The molecule has 4 rings (SSSR count). The molecule has 0 atom stereocenters. The van der Waals surface area contributed by atoms with Gasteiger partial charge in [-0.25, -0.2) is 9.37 Å². The maximum Gasteiger partial charge on any atom is 0.266 e. The number of aryl methyl sites for hydroxylation is 1. The summed E-state index contributed by atoms with van der Waals surface area (Å²) >= 11 is 7.63. The molecule has 0 aliphatic carbocycles. The molecule has 4 aromatic rings. The lowest BCUT2D eigenvalue weighted by molar-refractivity contribution is 0.627. The summed E-state index contributed by atoms with van der Waals surface area (Å²) in [4.78, 5) is 18.0. The summed E-state index contributed by atoms with van der Waals surface area (Å²) in [5.74, 6) is 0.286. The molecule has 3 nitrogen and oxygen atoms in total. The molecule has 28 heavy (non-hydrogen) atoms. The Morgan fingerprint density at radius 2 is 1.82 bits per heavy atom. The van der Waals surface area contributed by atoms with Crippen LogP contribution in [0, 0.1) is 12.7 Å². The fraction of sp³-hybridized carbons (Fsp3) is 0.0909. The highest BCUT2D eigenvalue weighted by molar-refractivity contribution is 7.98. The molecule has 0 bridgehead atoms. The van der Waals surface area contributed by atoms with Crippen molar-refractivity contribution >= 4 is 34.3 Å². The standard InChI is InChI=1S/C22H16ClFN2OS/c1-14-6-9-16(23)12-20(14)26-21(27)18-4-2-3-5-19(18)25-22(26)28-13-15-7-10-17(24)11-8-15/h2-12H,13H2,1H3. The van der Waals surface area contributed by atoms with Crippen LogP contribution < -0.4 is 5.56 Å². The van der Waals surface area contributed by atoms with Gasteiger partial charge in [0, 0.05) is 10.8 Å². The van der Waals surface area contributed by atoms with Crippen molar-refractivity contribution in [1.29, 1.82) is 0 Å². The normalized spacial score (nSPS) is 11.1. The van der Waals surface area contributed by atoms with Crippen molar-refractivity contribution in [3.63, 3.8) is 0 Å². The van der Waals surface area contributed by atoms with Crippen LogP contribution in [-0.2, 0) is 5.75 Å². The molecule has 140 valence electrons. The Labute approximate surface area is 170 Å². The van der Waals surface area contributed by atoms with E-state index in [0.717, 1.165) is 11.1 Å². The van der Waals surface area contributed by atoms with Crippen LogP contribution in [0.3, 0.4) is 0 Å². The molecule has 0 spiro atoms. The van der Waals surface area contributed by atoms with E-state index in [4.69, 9.17) is 16.6 Å². The molecular weight excluding hydrogens is 395 g/mol. The van der Waals surface area contributed by atoms with Gasteiger partial charge in [0.2, 0.25) is 0 Å². The number of fused-ring (bicyclic) bond motifs is 1. The highest BCUT2D eigenvalue weighted by Gasteiger charge is 2.15. The highest BCUT2D eigenvalue weighted by atomic mass is 35.5. The summed E-state index contributed by atoms with van der Waals surface area (Å²) in [5.41, 5.74) is 3.08. The molecular formula is C22H16ClFN2OS. The Bertz CT molecular complexity index is 1220. The van der Waals surface area contributed by atoms with E-state index in [-0.39, 0.29) is 11.4 Å². The summed E-state index contributed by atoms with van der Waals surface area (Å²) in [6.45, 7) is 1.93. The molecule has 0 aliphatic heterocycles. The second-order valence-corrected chi connectivity index (χ2v) is 7.78. The third-order valence-electron chi connectivity index (χ3n) is 4.44. The van der Waals surface area contributed by atoms with Gasteiger partial charge in [0.25, 0.3) is 5.56 Å². The van der Waals surface area contributed by atoms with Crippen molar-refractivity contribution in [3.05, 3.63) is 99.1 Å². The third kappa shape index (κ3) is 3.68. The number of thioether (sulfide) groups is 1. The van der Waals surface area contributed by atoms with Gasteiger partial charge in [-0.3, -0.25) is 9.36 Å². The number of halogens is 2. The summed E-state index contributed by atoms with van der Waals surface area (Å²) in [6, 6.07) is 19.1.